The molecule has 3 aromatic rings. The topological polar surface area (TPSA) is 94.7 Å². The van der Waals surface area contributed by atoms with Gasteiger partial charge in [0.15, 0.2) is 5.82 Å². The molecule has 0 unspecified atom stereocenters. The molecule has 0 saturated heterocycles. The molecule has 34 heavy (non-hydrogen) atoms. The largest absolute Gasteiger partial charge is 0.496 e. The Morgan fingerprint density at radius 1 is 1.03 bits per heavy atom. The number of hydrogen-bond acceptors (Lipinski definition) is 6. The van der Waals surface area contributed by atoms with Crippen molar-refractivity contribution in [3.8, 4) is 17.0 Å². The zero-order chi connectivity index (χ0) is 25.6. The Hall–Kier alpha value is -3.07. The lowest BCUT2D eigenvalue weighted by Gasteiger charge is -2.41. The van der Waals surface area contributed by atoms with Gasteiger partial charge in [0.2, 0.25) is 5.95 Å². The highest BCUT2D eigenvalue weighted by Gasteiger charge is 2.65. The van der Waals surface area contributed by atoms with Gasteiger partial charge in [0.1, 0.15) is 22.2 Å². The second-order valence-electron chi connectivity index (χ2n) is 7.43. The van der Waals surface area contributed by atoms with Crippen molar-refractivity contribution in [2.45, 2.75) is 10.6 Å². The van der Waals surface area contributed by atoms with Crippen LogP contribution in [-0.2, 0) is 15.4 Å². The average Bonchev–Trinajstić information content (AvgIpc) is 2.66. The highest BCUT2D eigenvalue weighted by Crippen LogP contribution is 3.02. The number of aromatic nitrogens is 2. The van der Waals surface area contributed by atoms with Gasteiger partial charge in [-0.2, -0.15) is 0 Å². The van der Waals surface area contributed by atoms with E-state index < -0.39 is 53.8 Å². The highest BCUT2D eigenvalue weighted by molar-refractivity contribution is 8.45. The molecule has 0 radical (unpaired) electrons. The van der Waals surface area contributed by atoms with Crippen LogP contribution in [0.1, 0.15) is 5.56 Å². The van der Waals surface area contributed by atoms with Crippen molar-refractivity contribution >= 4 is 31.5 Å². The molecule has 0 aliphatic rings. The van der Waals surface area contributed by atoms with E-state index in [1.807, 2.05) is 0 Å². The summed E-state index contributed by atoms with van der Waals surface area (Å²) in [5, 5.41) is 2.33. The third-order valence-electron chi connectivity index (χ3n) is 4.29. The van der Waals surface area contributed by atoms with Crippen LogP contribution >= 0.6 is 10.2 Å². The molecule has 6 nitrogen and oxygen atoms in total. The fourth-order valence-corrected chi connectivity index (χ4v) is 4.54. The zero-order valence-electron chi connectivity index (χ0n) is 17.5. The molecule has 1 heterocycles. The van der Waals surface area contributed by atoms with Crippen molar-refractivity contribution in [2.75, 3.05) is 18.7 Å². The van der Waals surface area contributed by atoms with Gasteiger partial charge in [-0.15, -0.1) is 0 Å². The Bertz CT molecular complexity index is 1380. The molecule has 0 bridgehead atoms. The molecular formula is C19H18F7N5OS2. The standard InChI is InChI=1S/C19H18F7N5OS2/c1-32-17-7-12(20)3-4-15(17)18-16(21)9-29-19(31-18)30-13-5-11(10-33(2,27)28)6-14(8-13)34(22,23,24,25)26/h3-9,27-28H,10H2,1-2H3,(H,29,30,31). The number of methoxy groups -OCH3 is 1. The second-order valence-corrected chi connectivity index (χ2v) is 12.3. The SMILES string of the molecule is COc1cc(F)ccc1-c1nc(Nc2cc(CS(C)(=N)=N)cc(S(F)(F)(F)(F)F)c2)ncc1F. The zero-order valence-corrected chi connectivity index (χ0v) is 19.1. The minimum Gasteiger partial charge on any atom is -0.496 e. The number of nitrogens with zero attached hydrogens (tertiary/aromatic N) is 2. The van der Waals surface area contributed by atoms with Crippen molar-refractivity contribution < 1.29 is 32.9 Å². The number of ether oxygens (including phenoxy) is 1. The molecule has 0 aliphatic carbocycles. The smallest absolute Gasteiger partial charge is 0.310 e. The van der Waals surface area contributed by atoms with Crippen LogP contribution in [0, 0.1) is 21.2 Å². The van der Waals surface area contributed by atoms with Crippen LogP contribution < -0.4 is 10.1 Å². The molecule has 3 N–H and O–H groups in total. The quantitative estimate of drug-likeness (QED) is 0.274. The summed E-state index contributed by atoms with van der Waals surface area (Å²) < 4.78 is 116. The molecule has 0 saturated carbocycles. The van der Waals surface area contributed by atoms with Crippen molar-refractivity contribution in [1.82, 2.24) is 9.97 Å². The maximum atomic E-state index is 14.4. The van der Waals surface area contributed by atoms with E-state index in [0.717, 1.165) is 24.5 Å². The molecule has 186 valence electrons. The predicted octanol–water partition coefficient (Wildman–Crippen LogP) is 7.64. The lowest BCUT2D eigenvalue weighted by Crippen LogP contribution is -2.09. The van der Waals surface area contributed by atoms with Gasteiger partial charge in [0, 0.05) is 29.3 Å². The third kappa shape index (κ3) is 6.28. The van der Waals surface area contributed by atoms with E-state index in [2.05, 4.69) is 15.3 Å². The van der Waals surface area contributed by atoms with Crippen LogP contribution in [-0.4, -0.2) is 23.3 Å². The Morgan fingerprint density at radius 3 is 2.29 bits per heavy atom. The molecule has 1 aromatic heterocycles. The molecular weight excluding hydrogens is 511 g/mol. The van der Waals surface area contributed by atoms with Crippen LogP contribution in [0.2, 0.25) is 0 Å². The van der Waals surface area contributed by atoms with Crippen molar-refractivity contribution in [1.29, 1.82) is 9.56 Å². The second kappa shape index (κ2) is 7.73. The first-order valence-electron chi connectivity index (χ1n) is 9.11. The maximum Gasteiger partial charge on any atom is 0.310 e. The summed E-state index contributed by atoms with van der Waals surface area (Å²) in [7, 11) is -11.8. The predicted molar refractivity (Wildman–Crippen MR) is 117 cm³/mol. The summed E-state index contributed by atoms with van der Waals surface area (Å²) in [5.74, 6) is -2.67. The molecule has 15 heteroatoms. The molecule has 3 rings (SSSR count). The van der Waals surface area contributed by atoms with Crippen molar-refractivity contribution in [3.63, 3.8) is 0 Å². The van der Waals surface area contributed by atoms with E-state index in [-0.39, 0.29) is 34.7 Å². The Labute approximate surface area is 190 Å². The number of nitrogens with one attached hydrogen (secondary N) is 3. The van der Waals surface area contributed by atoms with Crippen LogP contribution in [0.5, 0.6) is 5.75 Å². The molecule has 2 aromatic carbocycles. The Balaban J connectivity index is 2.11. The van der Waals surface area contributed by atoms with Crippen LogP contribution in [0.15, 0.2) is 47.5 Å². The average molecular weight is 530 g/mol. The summed E-state index contributed by atoms with van der Waals surface area (Å²) in [6, 6.07) is 4.56. The highest BCUT2D eigenvalue weighted by atomic mass is 32.5. The summed E-state index contributed by atoms with van der Waals surface area (Å²) in [6.45, 7) is 0. The summed E-state index contributed by atoms with van der Waals surface area (Å²) in [6.07, 6.45) is 1.86. The Kier molecular flexibility index (Phi) is 5.81. The lowest BCUT2D eigenvalue weighted by atomic mass is 10.1. The fourth-order valence-electron chi connectivity index (χ4n) is 2.98. The van der Waals surface area contributed by atoms with Crippen LogP contribution in [0.4, 0.5) is 39.8 Å². The normalized spacial score (nSPS) is 14.3. The first-order chi connectivity index (χ1) is 15.3. The fraction of sp³-hybridized carbons (Fsp3) is 0.158. The first kappa shape index (κ1) is 25.6. The summed E-state index contributed by atoms with van der Waals surface area (Å²) in [5.41, 5.74) is -1.20. The summed E-state index contributed by atoms with van der Waals surface area (Å²) in [4.78, 5) is 5.29. The molecule has 0 fully saturated rings. The van der Waals surface area contributed by atoms with E-state index >= 15 is 0 Å². The van der Waals surface area contributed by atoms with Gasteiger partial charge >= 0.3 is 10.2 Å². The van der Waals surface area contributed by atoms with Crippen molar-refractivity contribution in [2.24, 2.45) is 0 Å². The third-order valence-corrected chi connectivity index (χ3v) is 6.32. The molecule has 0 atom stereocenters. The lowest BCUT2D eigenvalue weighted by molar-refractivity contribution is 0.364. The Morgan fingerprint density at radius 2 is 1.71 bits per heavy atom. The van der Waals surface area contributed by atoms with Crippen molar-refractivity contribution in [3.05, 3.63) is 59.8 Å². The van der Waals surface area contributed by atoms with Crippen LogP contribution in [0.3, 0.4) is 0 Å². The van der Waals surface area contributed by atoms with Gasteiger partial charge in [-0.05, 0) is 35.9 Å². The van der Waals surface area contributed by atoms with Gasteiger partial charge in [0.05, 0.1) is 13.3 Å². The van der Waals surface area contributed by atoms with E-state index in [1.165, 1.54) is 13.2 Å². The van der Waals surface area contributed by atoms with E-state index in [0.29, 0.717) is 6.20 Å². The number of benzene rings is 2. The molecule has 0 amide bonds. The van der Waals surface area contributed by atoms with Gasteiger partial charge in [-0.1, -0.05) is 29.0 Å². The maximum absolute atomic E-state index is 14.4. The number of hydrogen-bond donors (Lipinski definition) is 3. The van der Waals surface area contributed by atoms with Gasteiger partial charge in [0.25, 0.3) is 0 Å². The molecule has 0 aliphatic heterocycles. The van der Waals surface area contributed by atoms with Gasteiger partial charge in [-0.3, -0.25) is 9.56 Å². The molecule has 0 spiro atoms. The summed E-state index contributed by atoms with van der Waals surface area (Å²) >= 11 is 0. The first-order valence-corrected chi connectivity index (χ1v) is 13.3. The minimum absolute atomic E-state index is 0.0103. The number of rotatable bonds is 7. The minimum atomic E-state index is -10.1. The number of anilines is 2. The van der Waals surface area contributed by atoms with Gasteiger partial charge in [-0.25, -0.2) is 18.7 Å². The van der Waals surface area contributed by atoms with E-state index in [4.69, 9.17) is 14.3 Å². The monoisotopic (exact) mass is 529 g/mol. The van der Waals surface area contributed by atoms with Crippen LogP contribution in [0.25, 0.3) is 11.3 Å². The van der Waals surface area contributed by atoms with E-state index in [1.54, 1.807) is 0 Å². The van der Waals surface area contributed by atoms with Gasteiger partial charge < -0.3 is 10.1 Å². The number of halogens is 7. The van der Waals surface area contributed by atoms with E-state index in [9.17, 15) is 28.2 Å².